The summed E-state index contributed by atoms with van der Waals surface area (Å²) in [4.78, 5) is 26.3. The number of Topliss-reactive ketones (excluding diaryl/α,β-unsaturated/α-hetero) is 2. The van der Waals surface area contributed by atoms with E-state index in [1.807, 2.05) is 6.92 Å². The summed E-state index contributed by atoms with van der Waals surface area (Å²) in [5, 5.41) is 42.0. The first kappa shape index (κ1) is 24.0. The molecule has 0 aromatic carbocycles. The summed E-state index contributed by atoms with van der Waals surface area (Å²) >= 11 is 0. The Hall–Kier alpha value is -1.24. The minimum atomic E-state index is -1.30. The van der Waals surface area contributed by atoms with Crippen LogP contribution in [0.2, 0.25) is 0 Å². The Bertz CT molecular complexity index is 641. The van der Waals surface area contributed by atoms with Crippen LogP contribution >= 0.6 is 0 Å². The van der Waals surface area contributed by atoms with Crippen LogP contribution in [0.4, 0.5) is 0 Å². The third kappa shape index (κ3) is 4.30. The summed E-state index contributed by atoms with van der Waals surface area (Å²) in [6.45, 7) is 7.13. The van der Waals surface area contributed by atoms with Gasteiger partial charge in [0.1, 0.15) is 5.78 Å². The Morgan fingerprint density at radius 1 is 1.24 bits per heavy atom. The van der Waals surface area contributed by atoms with Gasteiger partial charge in [-0.2, -0.15) is 0 Å². The first-order valence-electron chi connectivity index (χ1n) is 11.1. The van der Waals surface area contributed by atoms with Crippen molar-refractivity contribution in [2.24, 2.45) is 29.1 Å². The minimum absolute atomic E-state index is 0.119. The molecule has 6 heteroatoms. The summed E-state index contributed by atoms with van der Waals surface area (Å²) in [7, 11) is 0. The van der Waals surface area contributed by atoms with Gasteiger partial charge in [0.25, 0.3) is 0 Å². The zero-order chi connectivity index (χ0) is 21.9. The molecule has 2 aliphatic rings. The maximum Gasteiger partial charge on any atom is 0.203 e. The molecule has 0 spiro atoms. The van der Waals surface area contributed by atoms with Gasteiger partial charge in [-0.3, -0.25) is 9.59 Å². The molecule has 0 aromatic heterocycles. The molecule has 0 heterocycles. The van der Waals surface area contributed by atoms with Gasteiger partial charge in [0.15, 0.2) is 5.76 Å². The van der Waals surface area contributed by atoms with Crippen LogP contribution in [0, 0.1) is 29.1 Å². The molecule has 6 nitrogen and oxygen atoms in total. The van der Waals surface area contributed by atoms with E-state index in [2.05, 4.69) is 6.92 Å². The van der Waals surface area contributed by atoms with E-state index in [4.69, 9.17) is 0 Å². The molecule has 2 rings (SSSR count). The van der Waals surface area contributed by atoms with Crippen molar-refractivity contribution < 1.29 is 30.0 Å². The molecule has 2 aliphatic carbocycles. The van der Waals surface area contributed by atoms with Crippen molar-refractivity contribution in [2.45, 2.75) is 84.8 Å². The van der Waals surface area contributed by atoms with Crippen LogP contribution in [0.3, 0.4) is 0 Å². The number of allylic oxidation sites excluding steroid dienone is 2. The highest BCUT2D eigenvalue weighted by Crippen LogP contribution is 2.55. The molecule has 166 valence electrons. The molecule has 7 atom stereocenters. The van der Waals surface area contributed by atoms with Crippen LogP contribution in [0.1, 0.15) is 72.6 Å². The predicted molar refractivity (Wildman–Crippen MR) is 110 cm³/mol. The Balaban J connectivity index is 2.54. The molecule has 29 heavy (non-hydrogen) atoms. The highest BCUT2D eigenvalue weighted by Gasteiger charge is 2.61. The van der Waals surface area contributed by atoms with E-state index in [9.17, 15) is 30.0 Å². The third-order valence-electron chi connectivity index (χ3n) is 7.28. The molecule has 1 fully saturated rings. The molecule has 0 saturated heterocycles. The van der Waals surface area contributed by atoms with Crippen molar-refractivity contribution in [2.75, 3.05) is 6.61 Å². The van der Waals surface area contributed by atoms with Crippen molar-refractivity contribution >= 4 is 11.6 Å². The average molecular weight is 411 g/mol. The van der Waals surface area contributed by atoms with E-state index in [1.54, 1.807) is 13.8 Å². The number of hydrogen-bond donors (Lipinski definition) is 4. The van der Waals surface area contributed by atoms with Crippen LogP contribution in [-0.4, -0.2) is 50.8 Å². The second-order valence-electron chi connectivity index (χ2n) is 9.30. The quantitative estimate of drug-likeness (QED) is 0.435. The highest BCUT2D eigenvalue weighted by molar-refractivity contribution is 6.02. The first-order valence-corrected chi connectivity index (χ1v) is 11.1. The van der Waals surface area contributed by atoms with Crippen LogP contribution < -0.4 is 0 Å². The summed E-state index contributed by atoms with van der Waals surface area (Å²) in [6, 6.07) is 0. The molecule has 1 saturated carbocycles. The number of hydrogen-bond acceptors (Lipinski definition) is 6. The number of carbonyl (C=O) groups excluding carboxylic acids is 2. The van der Waals surface area contributed by atoms with E-state index < -0.39 is 41.0 Å². The zero-order valence-electron chi connectivity index (χ0n) is 18.2. The van der Waals surface area contributed by atoms with Crippen LogP contribution in [0.5, 0.6) is 0 Å². The van der Waals surface area contributed by atoms with Crippen LogP contribution in [-0.2, 0) is 9.59 Å². The van der Waals surface area contributed by atoms with Crippen molar-refractivity contribution in [3.63, 3.8) is 0 Å². The molecule has 1 unspecified atom stereocenters. The smallest absolute Gasteiger partial charge is 0.203 e. The lowest BCUT2D eigenvalue weighted by Gasteiger charge is -2.53. The molecule has 0 aromatic rings. The van der Waals surface area contributed by atoms with Crippen LogP contribution in [0.25, 0.3) is 0 Å². The summed E-state index contributed by atoms with van der Waals surface area (Å²) in [5.74, 6) is -3.64. The molecule has 0 amide bonds. The number of aliphatic hydroxyl groups excluding tert-OH is 4. The van der Waals surface area contributed by atoms with Crippen molar-refractivity contribution in [1.29, 1.82) is 0 Å². The van der Waals surface area contributed by atoms with Gasteiger partial charge in [0.2, 0.25) is 5.78 Å². The van der Waals surface area contributed by atoms with Gasteiger partial charge < -0.3 is 20.4 Å². The lowest BCUT2D eigenvalue weighted by atomic mass is 9.50. The van der Waals surface area contributed by atoms with E-state index in [1.165, 1.54) is 0 Å². The number of unbranched alkanes of at least 4 members (excludes halogenated alkanes) is 3. The molecular weight excluding hydrogens is 372 g/mol. The number of carbonyl (C=O) groups is 2. The number of ketones is 2. The Kier molecular flexibility index (Phi) is 8.05. The fraction of sp³-hybridized carbons (Fsp3) is 0.826. The molecule has 4 N–H and O–H groups in total. The summed E-state index contributed by atoms with van der Waals surface area (Å²) in [6.07, 6.45) is 3.08. The molecule has 0 radical (unpaired) electrons. The zero-order valence-corrected chi connectivity index (χ0v) is 18.2. The predicted octanol–water partition coefficient (Wildman–Crippen LogP) is 2.94. The fourth-order valence-corrected chi connectivity index (χ4v) is 5.72. The lowest BCUT2D eigenvalue weighted by Crippen LogP contribution is -2.61. The lowest BCUT2D eigenvalue weighted by molar-refractivity contribution is -0.161. The standard InChI is InChI=1S/C23H38O6/c1-5-6-7-8-9-13(2)18-22(29)21(28)17-19(15(25)12-14(3)20(17)27)23(18,4)16(26)10-11-24/h13-15,17,19-20,24-25,27,29H,5-12H2,1-4H3/t13-,14?,15+,17+,19-,20-,23-/m1/s1. The number of rotatable bonds is 9. The average Bonchev–Trinajstić information content (AvgIpc) is 2.66. The maximum absolute atomic E-state index is 13.2. The van der Waals surface area contributed by atoms with E-state index >= 15 is 0 Å². The van der Waals surface area contributed by atoms with Gasteiger partial charge in [-0.25, -0.2) is 0 Å². The second kappa shape index (κ2) is 9.71. The van der Waals surface area contributed by atoms with Gasteiger partial charge >= 0.3 is 0 Å². The Morgan fingerprint density at radius 2 is 1.90 bits per heavy atom. The second-order valence-corrected chi connectivity index (χ2v) is 9.30. The molecular formula is C23H38O6. The maximum atomic E-state index is 13.2. The molecule has 0 aliphatic heterocycles. The Morgan fingerprint density at radius 3 is 2.48 bits per heavy atom. The van der Waals surface area contributed by atoms with Gasteiger partial charge in [0, 0.05) is 18.9 Å². The summed E-state index contributed by atoms with van der Waals surface area (Å²) in [5.41, 5.74) is -0.921. The van der Waals surface area contributed by atoms with E-state index in [-0.39, 0.29) is 37.1 Å². The van der Waals surface area contributed by atoms with Gasteiger partial charge in [-0.15, -0.1) is 0 Å². The van der Waals surface area contributed by atoms with Crippen molar-refractivity contribution in [3.8, 4) is 0 Å². The van der Waals surface area contributed by atoms with Crippen LogP contribution in [0.15, 0.2) is 11.3 Å². The normalized spacial score (nSPS) is 36.1. The van der Waals surface area contributed by atoms with Crippen molar-refractivity contribution in [3.05, 3.63) is 11.3 Å². The van der Waals surface area contributed by atoms with E-state index in [0.717, 1.165) is 32.1 Å². The SMILES string of the molecule is CCCCCC[C@@H](C)C1=C(O)C(=O)[C@H]2[C@@H]([C@@H](O)CC(C)[C@H]2O)[C@]1(C)C(=O)CCO. The summed E-state index contributed by atoms with van der Waals surface area (Å²) < 4.78 is 0. The monoisotopic (exact) mass is 410 g/mol. The third-order valence-corrected chi connectivity index (χ3v) is 7.28. The Labute approximate surface area is 174 Å². The van der Waals surface area contributed by atoms with E-state index in [0.29, 0.717) is 5.57 Å². The molecule has 0 bridgehead atoms. The number of fused-ring (bicyclic) bond motifs is 1. The minimum Gasteiger partial charge on any atom is -0.504 e. The largest absolute Gasteiger partial charge is 0.504 e. The fourth-order valence-electron chi connectivity index (χ4n) is 5.72. The van der Waals surface area contributed by atoms with Gasteiger partial charge in [-0.05, 0) is 37.2 Å². The highest BCUT2D eigenvalue weighted by atomic mass is 16.3. The first-order chi connectivity index (χ1) is 13.6. The van der Waals surface area contributed by atoms with Gasteiger partial charge in [0.05, 0.1) is 23.5 Å². The van der Waals surface area contributed by atoms with Crippen molar-refractivity contribution in [1.82, 2.24) is 0 Å². The number of aliphatic hydroxyl groups is 4. The van der Waals surface area contributed by atoms with Gasteiger partial charge in [-0.1, -0.05) is 46.5 Å². The topological polar surface area (TPSA) is 115 Å².